The molecule has 0 saturated carbocycles. The highest BCUT2D eigenvalue weighted by Gasteiger charge is 2.14. The van der Waals surface area contributed by atoms with Crippen molar-refractivity contribution in [3.8, 4) is 6.07 Å². The van der Waals surface area contributed by atoms with Crippen LogP contribution in [0.4, 0.5) is 24.7 Å². The van der Waals surface area contributed by atoms with Gasteiger partial charge < -0.3 is 5.32 Å². The van der Waals surface area contributed by atoms with E-state index in [0.717, 1.165) is 12.1 Å². The van der Waals surface area contributed by atoms with Crippen LogP contribution in [0.1, 0.15) is 16.8 Å². The van der Waals surface area contributed by atoms with Crippen molar-refractivity contribution >= 4 is 11.5 Å². The average Bonchev–Trinajstić information content (AvgIpc) is 2.40. The maximum atomic E-state index is 13.1. The molecule has 0 fully saturated rings. The zero-order valence-electron chi connectivity index (χ0n) is 10.6. The first-order valence-corrected chi connectivity index (χ1v) is 5.59. The van der Waals surface area contributed by atoms with Gasteiger partial charge in [0.1, 0.15) is 11.6 Å². The Morgan fingerprint density at radius 2 is 1.70 bits per heavy atom. The van der Waals surface area contributed by atoms with Gasteiger partial charge in [-0.05, 0) is 19.4 Å². The van der Waals surface area contributed by atoms with Gasteiger partial charge in [0, 0.05) is 17.8 Å². The van der Waals surface area contributed by atoms with E-state index in [2.05, 4.69) is 15.5 Å². The van der Waals surface area contributed by atoms with Gasteiger partial charge >= 0.3 is 0 Å². The summed E-state index contributed by atoms with van der Waals surface area (Å²) < 4.78 is 39.1. The summed E-state index contributed by atoms with van der Waals surface area (Å²) in [5.41, 5.74) is 1.33. The first-order chi connectivity index (χ1) is 9.43. The third-order valence-corrected chi connectivity index (χ3v) is 2.81. The molecule has 2 rings (SSSR count). The molecule has 0 spiro atoms. The second-order valence-electron chi connectivity index (χ2n) is 4.12. The fourth-order valence-electron chi connectivity index (χ4n) is 1.60. The lowest BCUT2D eigenvalue weighted by atomic mass is 10.1. The molecule has 1 aromatic carbocycles. The Hall–Kier alpha value is -2.62. The van der Waals surface area contributed by atoms with Crippen LogP contribution in [-0.4, -0.2) is 10.2 Å². The quantitative estimate of drug-likeness (QED) is 0.857. The summed E-state index contributed by atoms with van der Waals surface area (Å²) in [6.45, 7) is 3.36. The van der Waals surface area contributed by atoms with E-state index >= 15 is 0 Å². The predicted molar refractivity (Wildman–Crippen MR) is 65.8 cm³/mol. The normalized spacial score (nSPS) is 10.2. The van der Waals surface area contributed by atoms with Crippen molar-refractivity contribution in [3.63, 3.8) is 0 Å². The standard InChI is InChI=1S/C13H9F3N4/c1-6-7(2)19-20-13(9(6)5-17)18-8-3-10(14)12(16)11(15)4-8/h3-4H,1-2H3,(H,18,20). The zero-order valence-corrected chi connectivity index (χ0v) is 10.6. The summed E-state index contributed by atoms with van der Waals surface area (Å²) >= 11 is 0. The topological polar surface area (TPSA) is 61.6 Å². The van der Waals surface area contributed by atoms with Crippen LogP contribution in [0.15, 0.2) is 12.1 Å². The highest BCUT2D eigenvalue weighted by molar-refractivity contribution is 5.64. The molecule has 0 aliphatic heterocycles. The average molecular weight is 278 g/mol. The molecule has 0 bridgehead atoms. The lowest BCUT2D eigenvalue weighted by Gasteiger charge is -2.10. The molecule has 102 valence electrons. The summed E-state index contributed by atoms with van der Waals surface area (Å²) in [7, 11) is 0. The van der Waals surface area contributed by atoms with Crippen LogP contribution in [0.2, 0.25) is 0 Å². The van der Waals surface area contributed by atoms with Gasteiger partial charge in [-0.25, -0.2) is 13.2 Å². The first kappa shape index (κ1) is 13.8. The maximum Gasteiger partial charge on any atom is 0.194 e. The summed E-state index contributed by atoms with van der Waals surface area (Å²) in [4.78, 5) is 0. The van der Waals surface area contributed by atoms with Crippen molar-refractivity contribution in [2.75, 3.05) is 5.32 Å². The molecule has 0 amide bonds. The van der Waals surface area contributed by atoms with Gasteiger partial charge in [0.05, 0.1) is 5.69 Å². The summed E-state index contributed by atoms with van der Waals surface area (Å²) in [6, 6.07) is 3.49. The Morgan fingerprint density at radius 3 is 2.25 bits per heavy atom. The fourth-order valence-corrected chi connectivity index (χ4v) is 1.60. The summed E-state index contributed by atoms with van der Waals surface area (Å²) in [6.07, 6.45) is 0. The monoisotopic (exact) mass is 278 g/mol. The molecule has 0 aliphatic rings. The minimum absolute atomic E-state index is 0.0565. The van der Waals surface area contributed by atoms with Crippen LogP contribution >= 0.6 is 0 Å². The van der Waals surface area contributed by atoms with E-state index in [-0.39, 0.29) is 17.1 Å². The molecular formula is C13H9F3N4. The Labute approximate surface area is 112 Å². The van der Waals surface area contributed by atoms with Crippen LogP contribution in [0.3, 0.4) is 0 Å². The van der Waals surface area contributed by atoms with Gasteiger partial charge in [0.25, 0.3) is 0 Å². The third kappa shape index (κ3) is 2.40. The Kier molecular flexibility index (Phi) is 3.57. The predicted octanol–water partition coefficient (Wildman–Crippen LogP) is 3.13. The van der Waals surface area contributed by atoms with Gasteiger partial charge in [-0.2, -0.15) is 10.4 Å². The highest BCUT2D eigenvalue weighted by atomic mass is 19.2. The van der Waals surface area contributed by atoms with Crippen LogP contribution in [0.5, 0.6) is 0 Å². The lowest BCUT2D eigenvalue weighted by Crippen LogP contribution is -2.04. The van der Waals surface area contributed by atoms with Crippen molar-refractivity contribution in [2.24, 2.45) is 0 Å². The van der Waals surface area contributed by atoms with E-state index in [1.807, 2.05) is 6.07 Å². The number of anilines is 2. The smallest absolute Gasteiger partial charge is 0.194 e. The Bertz CT molecular complexity index is 699. The first-order valence-electron chi connectivity index (χ1n) is 5.59. The van der Waals surface area contributed by atoms with E-state index in [4.69, 9.17) is 5.26 Å². The number of nitriles is 1. The van der Waals surface area contributed by atoms with Crippen molar-refractivity contribution in [1.82, 2.24) is 10.2 Å². The van der Waals surface area contributed by atoms with Crippen molar-refractivity contribution in [3.05, 3.63) is 46.4 Å². The lowest BCUT2D eigenvalue weighted by molar-refractivity contribution is 0.448. The number of hydrogen-bond acceptors (Lipinski definition) is 4. The second-order valence-corrected chi connectivity index (χ2v) is 4.12. The highest BCUT2D eigenvalue weighted by Crippen LogP contribution is 2.24. The van der Waals surface area contributed by atoms with Crippen LogP contribution < -0.4 is 5.32 Å². The number of nitrogens with one attached hydrogen (secondary N) is 1. The molecule has 1 heterocycles. The van der Waals surface area contributed by atoms with Crippen LogP contribution in [0.25, 0.3) is 0 Å². The van der Waals surface area contributed by atoms with Crippen LogP contribution in [-0.2, 0) is 0 Å². The SMILES string of the molecule is Cc1nnc(Nc2cc(F)c(F)c(F)c2)c(C#N)c1C. The molecule has 1 N–H and O–H groups in total. The number of halogens is 3. The molecular weight excluding hydrogens is 269 g/mol. The number of aromatic nitrogens is 2. The van der Waals surface area contributed by atoms with E-state index in [0.29, 0.717) is 11.3 Å². The van der Waals surface area contributed by atoms with Gasteiger partial charge in [-0.15, -0.1) is 5.10 Å². The molecule has 0 unspecified atom stereocenters. The second kappa shape index (κ2) is 5.17. The minimum Gasteiger partial charge on any atom is -0.337 e. The largest absolute Gasteiger partial charge is 0.337 e. The third-order valence-electron chi connectivity index (χ3n) is 2.81. The molecule has 0 aliphatic carbocycles. The molecule has 7 heteroatoms. The number of benzene rings is 1. The van der Waals surface area contributed by atoms with Gasteiger partial charge in [0.15, 0.2) is 23.3 Å². The van der Waals surface area contributed by atoms with Crippen molar-refractivity contribution < 1.29 is 13.2 Å². The van der Waals surface area contributed by atoms with Gasteiger partial charge in [-0.3, -0.25) is 0 Å². The molecule has 0 radical (unpaired) electrons. The van der Waals surface area contributed by atoms with Crippen molar-refractivity contribution in [1.29, 1.82) is 5.26 Å². The number of nitrogens with zero attached hydrogens (tertiary/aromatic N) is 3. The van der Waals surface area contributed by atoms with E-state index in [9.17, 15) is 13.2 Å². The van der Waals surface area contributed by atoms with E-state index in [1.165, 1.54) is 0 Å². The van der Waals surface area contributed by atoms with Crippen LogP contribution in [0, 0.1) is 42.6 Å². The molecule has 20 heavy (non-hydrogen) atoms. The zero-order chi connectivity index (χ0) is 14.9. The molecule has 2 aromatic rings. The molecule has 0 atom stereocenters. The van der Waals surface area contributed by atoms with Crippen molar-refractivity contribution in [2.45, 2.75) is 13.8 Å². The van der Waals surface area contributed by atoms with E-state index < -0.39 is 17.5 Å². The van der Waals surface area contributed by atoms with E-state index in [1.54, 1.807) is 13.8 Å². The summed E-state index contributed by atoms with van der Waals surface area (Å²) in [5, 5.41) is 19.2. The minimum atomic E-state index is -1.55. The Balaban J connectivity index is 2.46. The molecule has 0 saturated heterocycles. The number of rotatable bonds is 2. The maximum absolute atomic E-state index is 13.1. The number of aryl methyl sites for hydroxylation is 1. The summed E-state index contributed by atoms with van der Waals surface area (Å²) in [5.74, 6) is -4.16. The fraction of sp³-hybridized carbons (Fsp3) is 0.154. The molecule has 4 nitrogen and oxygen atoms in total. The van der Waals surface area contributed by atoms with Gasteiger partial charge in [0.2, 0.25) is 0 Å². The molecule has 1 aromatic heterocycles. The number of hydrogen-bond donors (Lipinski definition) is 1. The van der Waals surface area contributed by atoms with Gasteiger partial charge in [-0.1, -0.05) is 0 Å². The Morgan fingerprint density at radius 1 is 1.10 bits per heavy atom.